The fourth-order valence-corrected chi connectivity index (χ4v) is 3.93. The van der Waals surface area contributed by atoms with Crippen LogP contribution in [0.3, 0.4) is 0 Å². The Morgan fingerprint density at radius 3 is 2.00 bits per heavy atom. The fraction of sp³-hybridized carbons (Fsp3) is 0.333. The quantitative estimate of drug-likeness (QED) is 0.399. The van der Waals surface area contributed by atoms with E-state index in [0.29, 0.717) is 0 Å². The van der Waals surface area contributed by atoms with E-state index in [9.17, 15) is 0 Å². The van der Waals surface area contributed by atoms with Gasteiger partial charge in [0.2, 0.25) is 0 Å². The molecule has 0 N–H and O–H groups in total. The molecule has 1 fully saturated rings. The van der Waals surface area contributed by atoms with Crippen LogP contribution in [0.5, 0.6) is 0 Å². The van der Waals surface area contributed by atoms with Crippen molar-refractivity contribution in [3.05, 3.63) is 50.2 Å². The van der Waals surface area contributed by atoms with Crippen LogP contribution in [-0.2, 0) is 9.47 Å². The average molecular weight is 527 g/mol. The largest absolute Gasteiger partial charge is 0.350 e. The normalized spacial score (nSPS) is 14.4. The first-order valence-corrected chi connectivity index (χ1v) is 10.3. The lowest BCUT2D eigenvalue weighted by Crippen LogP contribution is -2.08. The lowest BCUT2D eigenvalue weighted by molar-refractivity contribution is -0.0421. The van der Waals surface area contributed by atoms with E-state index in [4.69, 9.17) is 9.47 Å². The average Bonchev–Trinajstić information content (AvgIpc) is 3.01. The van der Waals surface area contributed by atoms with Crippen molar-refractivity contribution in [3.8, 4) is 0 Å². The number of rotatable bonds is 4. The minimum Gasteiger partial charge on any atom is -0.350 e. The molecule has 1 saturated heterocycles. The highest BCUT2D eigenvalue weighted by Crippen LogP contribution is 2.20. The molecule has 1 aliphatic heterocycles. The Morgan fingerprint density at radius 1 is 0.913 bits per heavy atom. The minimum absolute atomic E-state index is 0.00958. The molecular weight excluding hydrogens is 512 g/mol. The molecule has 0 atom stereocenters. The molecule has 0 spiro atoms. The minimum atomic E-state index is -0.00958. The summed E-state index contributed by atoms with van der Waals surface area (Å²) in [4.78, 5) is 8.34. The van der Waals surface area contributed by atoms with Crippen LogP contribution in [-0.4, -0.2) is 35.2 Å². The van der Waals surface area contributed by atoms with Crippen LogP contribution in [0.25, 0.3) is 0 Å². The molecule has 0 radical (unpaired) electrons. The van der Waals surface area contributed by atoms with Crippen LogP contribution >= 0.6 is 59.6 Å². The summed E-state index contributed by atoms with van der Waals surface area (Å²) in [6.07, 6.45) is 0.906. The third-order valence-corrected chi connectivity index (χ3v) is 4.95. The summed E-state index contributed by atoms with van der Waals surface area (Å²) >= 11 is 11.5. The monoisotopic (exact) mass is 524 g/mol. The first kappa shape index (κ1) is 19.3. The Labute approximate surface area is 165 Å². The van der Waals surface area contributed by atoms with Crippen LogP contribution in [0.4, 0.5) is 0 Å². The van der Waals surface area contributed by atoms with E-state index >= 15 is 0 Å². The van der Waals surface area contributed by atoms with Crippen molar-refractivity contribution in [1.29, 1.82) is 0 Å². The maximum atomic E-state index is 5.35. The Bertz CT molecular complexity index is 596. The number of hydrogen-bond donors (Lipinski definition) is 0. The number of aromatic nitrogens is 2. The molecule has 23 heavy (non-hydrogen) atoms. The van der Waals surface area contributed by atoms with Gasteiger partial charge in [0.1, 0.15) is 13.8 Å². The van der Waals surface area contributed by atoms with Crippen molar-refractivity contribution >= 4 is 59.6 Å². The zero-order valence-electron chi connectivity index (χ0n) is 12.1. The van der Waals surface area contributed by atoms with Gasteiger partial charge in [0, 0.05) is 12.2 Å². The summed E-state index contributed by atoms with van der Waals surface area (Å²) in [6, 6.07) is 11.6. The number of thioether (sulfide) groups is 1. The second-order valence-electron chi connectivity index (χ2n) is 4.39. The highest BCUT2D eigenvalue weighted by Gasteiger charge is 2.15. The van der Waals surface area contributed by atoms with Crippen molar-refractivity contribution in [2.75, 3.05) is 19.0 Å². The molecular formula is C15H15Br3N2O2S. The topological polar surface area (TPSA) is 44.2 Å². The van der Waals surface area contributed by atoms with E-state index in [2.05, 4.69) is 57.8 Å². The Balaban J connectivity index is 0.000000203. The summed E-state index contributed by atoms with van der Waals surface area (Å²) in [5.74, 6) is 0.966. The molecule has 0 saturated carbocycles. The van der Waals surface area contributed by atoms with E-state index in [-0.39, 0.29) is 6.29 Å². The molecule has 0 unspecified atom stereocenters. The predicted molar refractivity (Wildman–Crippen MR) is 103 cm³/mol. The van der Waals surface area contributed by atoms with Crippen molar-refractivity contribution in [2.24, 2.45) is 0 Å². The van der Waals surface area contributed by atoms with E-state index in [1.165, 1.54) is 0 Å². The molecule has 0 aliphatic carbocycles. The van der Waals surface area contributed by atoms with Gasteiger partial charge in [-0.25, -0.2) is 9.97 Å². The molecule has 1 aliphatic rings. The van der Waals surface area contributed by atoms with Crippen LogP contribution in [0.15, 0.2) is 55.2 Å². The van der Waals surface area contributed by atoms with Crippen molar-refractivity contribution in [3.63, 3.8) is 0 Å². The third kappa shape index (κ3) is 8.09. The molecule has 0 aromatic carbocycles. The van der Waals surface area contributed by atoms with Crippen LogP contribution in [0.2, 0.25) is 0 Å². The maximum absolute atomic E-state index is 5.35. The molecule has 3 rings (SSSR count). The van der Waals surface area contributed by atoms with E-state index < -0.39 is 0 Å². The molecule has 0 amide bonds. The molecule has 4 nitrogen and oxygen atoms in total. The predicted octanol–water partition coefficient (Wildman–Crippen LogP) is 5.31. The number of pyridine rings is 2. The van der Waals surface area contributed by atoms with E-state index in [0.717, 1.165) is 44.2 Å². The van der Waals surface area contributed by atoms with Gasteiger partial charge in [-0.1, -0.05) is 12.1 Å². The van der Waals surface area contributed by atoms with Crippen molar-refractivity contribution < 1.29 is 9.47 Å². The van der Waals surface area contributed by atoms with Crippen molar-refractivity contribution in [1.82, 2.24) is 9.97 Å². The molecule has 8 heteroatoms. The number of ether oxygens (including phenoxy) is 2. The molecule has 2 aromatic rings. The Hall–Kier alpha value is 0.01000. The fourth-order valence-electron chi connectivity index (χ4n) is 1.69. The van der Waals surface area contributed by atoms with Gasteiger partial charge in [-0.3, -0.25) is 0 Å². The summed E-state index contributed by atoms with van der Waals surface area (Å²) in [7, 11) is 0. The second kappa shape index (κ2) is 10.8. The van der Waals surface area contributed by atoms with Gasteiger partial charge >= 0.3 is 0 Å². The first-order chi connectivity index (χ1) is 11.1. The zero-order chi connectivity index (χ0) is 16.5. The van der Waals surface area contributed by atoms with Gasteiger partial charge in [-0.05, 0) is 72.1 Å². The number of nitrogens with zero attached hydrogens (tertiary/aromatic N) is 2. The highest BCUT2D eigenvalue weighted by molar-refractivity contribution is 9.11. The van der Waals surface area contributed by atoms with Gasteiger partial charge < -0.3 is 9.47 Å². The lowest BCUT2D eigenvalue weighted by atomic mass is 10.5. The Kier molecular flexibility index (Phi) is 9.07. The molecule has 2 aromatic heterocycles. The summed E-state index contributed by atoms with van der Waals surface area (Å²) in [5.41, 5.74) is 0. The summed E-state index contributed by atoms with van der Waals surface area (Å²) < 4.78 is 13.3. The third-order valence-electron chi connectivity index (χ3n) is 2.67. The summed E-state index contributed by atoms with van der Waals surface area (Å²) in [5, 5.41) is 1.03. The summed E-state index contributed by atoms with van der Waals surface area (Å²) in [6.45, 7) is 1.45. The lowest BCUT2D eigenvalue weighted by Gasteiger charge is -2.07. The van der Waals surface area contributed by atoms with Crippen LogP contribution in [0.1, 0.15) is 6.42 Å². The SMILES string of the molecule is Brc1cccc(Br)n1.Brc1cccc(SCCC2OCCO2)n1. The van der Waals surface area contributed by atoms with Crippen LogP contribution in [0, 0.1) is 0 Å². The van der Waals surface area contributed by atoms with Crippen molar-refractivity contribution in [2.45, 2.75) is 17.7 Å². The van der Waals surface area contributed by atoms with Gasteiger partial charge in [-0.2, -0.15) is 0 Å². The van der Waals surface area contributed by atoms with Crippen LogP contribution < -0.4 is 0 Å². The van der Waals surface area contributed by atoms with Gasteiger partial charge in [0.25, 0.3) is 0 Å². The molecule has 0 bridgehead atoms. The second-order valence-corrected chi connectivity index (χ2v) is 7.94. The number of hydrogen-bond acceptors (Lipinski definition) is 5. The Morgan fingerprint density at radius 2 is 1.48 bits per heavy atom. The highest BCUT2D eigenvalue weighted by atomic mass is 79.9. The van der Waals surface area contributed by atoms with Gasteiger partial charge in [0.05, 0.1) is 18.2 Å². The van der Waals surface area contributed by atoms with Gasteiger partial charge in [-0.15, -0.1) is 11.8 Å². The first-order valence-electron chi connectivity index (χ1n) is 6.90. The van der Waals surface area contributed by atoms with E-state index in [1.807, 2.05) is 36.4 Å². The smallest absolute Gasteiger partial charge is 0.158 e. The molecule has 3 heterocycles. The maximum Gasteiger partial charge on any atom is 0.158 e. The number of halogens is 3. The van der Waals surface area contributed by atoms with E-state index in [1.54, 1.807) is 11.8 Å². The zero-order valence-corrected chi connectivity index (χ0v) is 17.7. The van der Waals surface area contributed by atoms with Gasteiger partial charge in [0.15, 0.2) is 6.29 Å². The molecule has 124 valence electrons. The standard InChI is InChI=1S/C10H12BrNO2S.C5H3Br2N/c11-8-2-1-3-9(12-8)15-7-4-10-13-5-6-14-10;6-4-2-1-3-5(7)8-4/h1-3,10H,4-7H2;1-3H.